The number of aromatic amines is 1. The van der Waals surface area contributed by atoms with Crippen molar-refractivity contribution >= 4 is 5.91 Å². The molecule has 0 spiro atoms. The molecule has 1 amide bonds. The Morgan fingerprint density at radius 1 is 1.39 bits per heavy atom. The Kier molecular flexibility index (Phi) is 5.59. The molecule has 0 saturated heterocycles. The standard InChI is InChI=1S/C16H21N3O4/c1-11(20)9-19(2)16(21)13-8-12(17-18-13)10-23-15-7-5-4-6-14(15)22-3/h4-8,11,20H,9-10H2,1-3H3,(H,17,18)/t11-/m1/s1. The number of nitrogens with one attached hydrogen (secondary N) is 1. The number of hydrogen-bond acceptors (Lipinski definition) is 5. The van der Waals surface area contributed by atoms with Crippen molar-refractivity contribution in [3.63, 3.8) is 0 Å². The summed E-state index contributed by atoms with van der Waals surface area (Å²) in [6, 6.07) is 8.96. The lowest BCUT2D eigenvalue weighted by Gasteiger charge is -2.17. The number of carbonyl (C=O) groups excluding carboxylic acids is 1. The number of H-pyrrole nitrogens is 1. The van der Waals surface area contributed by atoms with Gasteiger partial charge in [0, 0.05) is 13.6 Å². The first kappa shape index (κ1) is 16.8. The van der Waals surface area contributed by atoms with E-state index in [0.29, 0.717) is 17.2 Å². The van der Waals surface area contributed by atoms with E-state index in [2.05, 4.69) is 10.2 Å². The maximum Gasteiger partial charge on any atom is 0.274 e. The molecule has 2 N–H and O–H groups in total. The predicted octanol–water partition coefficient (Wildman–Crippen LogP) is 1.45. The third-order valence-corrected chi connectivity index (χ3v) is 3.19. The highest BCUT2D eigenvalue weighted by molar-refractivity contribution is 5.92. The number of ether oxygens (including phenoxy) is 2. The number of aliphatic hydroxyl groups is 1. The molecule has 0 aliphatic carbocycles. The zero-order valence-corrected chi connectivity index (χ0v) is 13.4. The van der Waals surface area contributed by atoms with E-state index in [1.807, 2.05) is 18.2 Å². The largest absolute Gasteiger partial charge is 0.493 e. The summed E-state index contributed by atoms with van der Waals surface area (Å²) in [6.45, 7) is 2.11. The van der Waals surface area contributed by atoms with E-state index in [-0.39, 0.29) is 24.8 Å². The number of aromatic nitrogens is 2. The quantitative estimate of drug-likeness (QED) is 0.806. The van der Waals surface area contributed by atoms with Crippen molar-refractivity contribution in [3.05, 3.63) is 41.7 Å². The Labute approximate surface area is 134 Å². The highest BCUT2D eigenvalue weighted by Gasteiger charge is 2.17. The molecule has 2 aromatic rings. The van der Waals surface area contributed by atoms with Crippen LogP contribution >= 0.6 is 0 Å². The van der Waals surface area contributed by atoms with Gasteiger partial charge in [-0.05, 0) is 25.1 Å². The maximum atomic E-state index is 12.1. The molecule has 7 heteroatoms. The molecule has 23 heavy (non-hydrogen) atoms. The Morgan fingerprint density at radius 2 is 2.09 bits per heavy atom. The van der Waals surface area contributed by atoms with Gasteiger partial charge < -0.3 is 19.5 Å². The lowest BCUT2D eigenvalue weighted by Crippen LogP contribution is -2.33. The summed E-state index contributed by atoms with van der Waals surface area (Å²) in [7, 11) is 3.20. The molecule has 0 aliphatic rings. The first-order valence-electron chi connectivity index (χ1n) is 7.25. The fourth-order valence-corrected chi connectivity index (χ4v) is 2.11. The normalized spacial score (nSPS) is 11.8. The molecule has 0 aliphatic heterocycles. The first-order chi connectivity index (χ1) is 11.0. The minimum absolute atomic E-state index is 0.237. The number of para-hydroxylation sites is 2. The molecule has 0 unspecified atom stereocenters. The molecule has 0 radical (unpaired) electrons. The van der Waals surface area contributed by atoms with Crippen molar-refractivity contribution in [2.24, 2.45) is 0 Å². The number of benzene rings is 1. The maximum absolute atomic E-state index is 12.1. The van der Waals surface area contributed by atoms with Crippen LogP contribution in [0.2, 0.25) is 0 Å². The fourth-order valence-electron chi connectivity index (χ4n) is 2.11. The van der Waals surface area contributed by atoms with Crippen molar-refractivity contribution in [1.29, 1.82) is 0 Å². The van der Waals surface area contributed by atoms with E-state index < -0.39 is 6.10 Å². The van der Waals surface area contributed by atoms with Gasteiger partial charge in [0.25, 0.3) is 5.91 Å². The van der Waals surface area contributed by atoms with Crippen LogP contribution in [0.4, 0.5) is 0 Å². The lowest BCUT2D eigenvalue weighted by atomic mass is 10.3. The summed E-state index contributed by atoms with van der Waals surface area (Å²) in [4.78, 5) is 13.6. The zero-order valence-electron chi connectivity index (χ0n) is 13.4. The Morgan fingerprint density at radius 3 is 2.74 bits per heavy atom. The summed E-state index contributed by atoms with van der Waals surface area (Å²) in [6.07, 6.45) is -0.587. The lowest BCUT2D eigenvalue weighted by molar-refractivity contribution is 0.0698. The van der Waals surface area contributed by atoms with Crippen molar-refractivity contribution in [3.8, 4) is 11.5 Å². The predicted molar refractivity (Wildman–Crippen MR) is 84.6 cm³/mol. The number of nitrogens with zero attached hydrogens (tertiary/aromatic N) is 2. The molecular weight excluding hydrogens is 298 g/mol. The van der Waals surface area contributed by atoms with Crippen LogP contribution in [0.5, 0.6) is 11.5 Å². The summed E-state index contributed by atoms with van der Waals surface area (Å²) >= 11 is 0. The van der Waals surface area contributed by atoms with Gasteiger partial charge in [0.2, 0.25) is 0 Å². The average molecular weight is 319 g/mol. The second kappa shape index (κ2) is 7.64. The number of likely N-dealkylation sites (N-methyl/N-ethyl adjacent to an activating group) is 1. The highest BCUT2D eigenvalue weighted by Crippen LogP contribution is 2.26. The minimum atomic E-state index is -0.587. The average Bonchev–Trinajstić information content (AvgIpc) is 3.00. The van der Waals surface area contributed by atoms with E-state index >= 15 is 0 Å². The van der Waals surface area contributed by atoms with Crippen molar-refractivity contribution in [2.75, 3.05) is 20.7 Å². The molecule has 1 heterocycles. The number of methoxy groups -OCH3 is 1. The second-order valence-electron chi connectivity index (χ2n) is 5.25. The second-order valence-corrected chi connectivity index (χ2v) is 5.25. The van der Waals surface area contributed by atoms with E-state index in [0.717, 1.165) is 0 Å². The zero-order chi connectivity index (χ0) is 16.8. The van der Waals surface area contributed by atoms with Crippen LogP contribution < -0.4 is 9.47 Å². The van der Waals surface area contributed by atoms with Crippen LogP contribution in [0.25, 0.3) is 0 Å². The van der Waals surface area contributed by atoms with Gasteiger partial charge in [-0.1, -0.05) is 12.1 Å². The molecule has 0 fully saturated rings. The monoisotopic (exact) mass is 319 g/mol. The van der Waals surface area contributed by atoms with Crippen molar-refractivity contribution in [2.45, 2.75) is 19.6 Å². The molecular formula is C16H21N3O4. The summed E-state index contributed by atoms with van der Waals surface area (Å²) in [5.74, 6) is 0.995. The molecule has 0 saturated carbocycles. The van der Waals surface area contributed by atoms with E-state index in [9.17, 15) is 9.90 Å². The molecule has 2 rings (SSSR count). The number of aliphatic hydroxyl groups excluding tert-OH is 1. The van der Waals surface area contributed by atoms with Crippen molar-refractivity contribution in [1.82, 2.24) is 15.1 Å². The summed E-state index contributed by atoms with van der Waals surface area (Å²) in [5.41, 5.74) is 0.955. The highest BCUT2D eigenvalue weighted by atomic mass is 16.5. The number of rotatable bonds is 7. The SMILES string of the molecule is COc1ccccc1OCc1cc(C(=O)N(C)C[C@@H](C)O)n[nH]1. The summed E-state index contributed by atoms with van der Waals surface area (Å²) in [5, 5.41) is 16.1. The summed E-state index contributed by atoms with van der Waals surface area (Å²) < 4.78 is 10.9. The molecule has 1 atom stereocenters. The molecule has 124 valence electrons. The van der Waals surface area contributed by atoms with Crippen LogP contribution in [0.3, 0.4) is 0 Å². The Balaban J connectivity index is 1.98. The molecule has 0 bridgehead atoms. The topological polar surface area (TPSA) is 87.7 Å². The number of hydrogen-bond donors (Lipinski definition) is 2. The van der Waals surface area contributed by atoms with Crippen LogP contribution in [-0.4, -0.2) is 52.9 Å². The van der Waals surface area contributed by atoms with Crippen LogP contribution in [-0.2, 0) is 6.61 Å². The third-order valence-electron chi connectivity index (χ3n) is 3.19. The van der Waals surface area contributed by atoms with E-state index in [1.165, 1.54) is 4.90 Å². The number of amides is 1. The van der Waals surface area contributed by atoms with Gasteiger partial charge in [-0.15, -0.1) is 0 Å². The smallest absolute Gasteiger partial charge is 0.274 e. The van der Waals surface area contributed by atoms with Gasteiger partial charge in [0.1, 0.15) is 6.61 Å². The van der Waals surface area contributed by atoms with Crippen LogP contribution in [0, 0.1) is 0 Å². The Bertz CT molecular complexity index is 654. The van der Waals surface area contributed by atoms with Gasteiger partial charge in [0.05, 0.1) is 18.9 Å². The van der Waals surface area contributed by atoms with Crippen LogP contribution in [0.1, 0.15) is 23.1 Å². The van der Waals surface area contributed by atoms with Gasteiger partial charge in [0.15, 0.2) is 17.2 Å². The third kappa shape index (κ3) is 4.46. The van der Waals surface area contributed by atoms with Crippen LogP contribution in [0.15, 0.2) is 30.3 Å². The van der Waals surface area contributed by atoms with Gasteiger partial charge in [-0.2, -0.15) is 5.10 Å². The molecule has 1 aromatic heterocycles. The minimum Gasteiger partial charge on any atom is -0.493 e. The molecule has 1 aromatic carbocycles. The first-order valence-corrected chi connectivity index (χ1v) is 7.25. The fraction of sp³-hybridized carbons (Fsp3) is 0.375. The van der Waals surface area contributed by atoms with E-state index in [4.69, 9.17) is 9.47 Å². The van der Waals surface area contributed by atoms with Gasteiger partial charge in [-0.25, -0.2) is 0 Å². The van der Waals surface area contributed by atoms with Gasteiger partial charge in [-0.3, -0.25) is 9.89 Å². The van der Waals surface area contributed by atoms with Gasteiger partial charge >= 0.3 is 0 Å². The molecule has 7 nitrogen and oxygen atoms in total. The van der Waals surface area contributed by atoms with Crippen molar-refractivity contribution < 1.29 is 19.4 Å². The Hall–Kier alpha value is -2.54. The number of carbonyl (C=O) groups is 1. The van der Waals surface area contributed by atoms with E-state index in [1.54, 1.807) is 33.2 Å².